The highest BCUT2D eigenvalue weighted by atomic mass is 16.7. The smallest absolute Gasteiger partial charge is 0.171 e. The lowest BCUT2D eigenvalue weighted by atomic mass is 9.65. The molecule has 2 nitrogen and oxygen atoms in total. The predicted molar refractivity (Wildman–Crippen MR) is 58.3 cm³/mol. The van der Waals surface area contributed by atoms with Gasteiger partial charge in [-0.3, -0.25) is 0 Å². The first-order valence-electron chi connectivity index (χ1n) is 6.06. The van der Waals surface area contributed by atoms with Gasteiger partial charge in [-0.05, 0) is 42.9 Å². The molecular formula is C13H22O2. The molecule has 3 aliphatic carbocycles. The van der Waals surface area contributed by atoms with E-state index in [0.29, 0.717) is 10.8 Å². The molecule has 0 aromatic carbocycles. The lowest BCUT2D eigenvalue weighted by molar-refractivity contribution is -0.240. The van der Waals surface area contributed by atoms with Crippen LogP contribution in [0.4, 0.5) is 0 Å². The van der Waals surface area contributed by atoms with Crippen LogP contribution < -0.4 is 0 Å². The fourth-order valence-electron chi connectivity index (χ4n) is 4.88. The van der Waals surface area contributed by atoms with Crippen LogP contribution in [0.15, 0.2) is 0 Å². The van der Waals surface area contributed by atoms with Crippen LogP contribution >= 0.6 is 0 Å². The number of hydrogen-bond acceptors (Lipinski definition) is 2. The largest absolute Gasteiger partial charge is 0.353 e. The van der Waals surface area contributed by atoms with Gasteiger partial charge in [0.25, 0.3) is 0 Å². The van der Waals surface area contributed by atoms with Crippen LogP contribution in [0, 0.1) is 28.6 Å². The van der Waals surface area contributed by atoms with Gasteiger partial charge in [-0.25, -0.2) is 0 Å². The minimum atomic E-state index is -0.343. The van der Waals surface area contributed by atoms with E-state index in [2.05, 4.69) is 20.8 Å². The van der Waals surface area contributed by atoms with E-state index in [1.165, 1.54) is 12.8 Å². The van der Waals surface area contributed by atoms with Crippen molar-refractivity contribution in [3.8, 4) is 0 Å². The minimum absolute atomic E-state index is 0.343. The van der Waals surface area contributed by atoms with Crippen molar-refractivity contribution in [2.75, 3.05) is 14.2 Å². The van der Waals surface area contributed by atoms with E-state index in [0.717, 1.165) is 17.8 Å². The Balaban J connectivity index is 1.91. The van der Waals surface area contributed by atoms with E-state index < -0.39 is 0 Å². The van der Waals surface area contributed by atoms with Gasteiger partial charge >= 0.3 is 0 Å². The average molecular weight is 210 g/mol. The molecular weight excluding hydrogens is 188 g/mol. The van der Waals surface area contributed by atoms with Gasteiger partial charge < -0.3 is 9.47 Å². The molecule has 0 heterocycles. The van der Waals surface area contributed by atoms with E-state index in [9.17, 15) is 0 Å². The highest BCUT2D eigenvalue weighted by Crippen LogP contribution is 2.95. The molecule has 3 saturated carbocycles. The topological polar surface area (TPSA) is 18.5 Å². The summed E-state index contributed by atoms with van der Waals surface area (Å²) in [4.78, 5) is 0. The Morgan fingerprint density at radius 3 is 2.20 bits per heavy atom. The van der Waals surface area contributed by atoms with Crippen LogP contribution in [0.25, 0.3) is 0 Å². The number of ether oxygens (including phenoxy) is 2. The van der Waals surface area contributed by atoms with Crippen molar-refractivity contribution < 1.29 is 9.47 Å². The Kier molecular flexibility index (Phi) is 1.64. The molecule has 4 atom stereocenters. The van der Waals surface area contributed by atoms with E-state index in [4.69, 9.17) is 9.47 Å². The third-order valence-corrected chi connectivity index (χ3v) is 5.76. The second-order valence-corrected chi connectivity index (χ2v) is 6.42. The molecule has 3 aliphatic rings. The van der Waals surface area contributed by atoms with Gasteiger partial charge in [0.1, 0.15) is 0 Å². The lowest BCUT2D eigenvalue weighted by Gasteiger charge is -2.44. The lowest BCUT2D eigenvalue weighted by Crippen LogP contribution is -2.45. The van der Waals surface area contributed by atoms with Gasteiger partial charge in [0, 0.05) is 19.6 Å². The highest BCUT2D eigenvalue weighted by molar-refractivity contribution is 5.39. The number of hydrogen-bond donors (Lipinski definition) is 0. The molecule has 1 unspecified atom stereocenters. The van der Waals surface area contributed by atoms with Crippen LogP contribution in [0.1, 0.15) is 33.6 Å². The van der Waals surface area contributed by atoms with Gasteiger partial charge in [0.15, 0.2) is 5.79 Å². The molecule has 15 heavy (non-hydrogen) atoms. The van der Waals surface area contributed by atoms with Crippen LogP contribution in [-0.4, -0.2) is 20.0 Å². The Hall–Kier alpha value is -0.0800. The number of rotatable bonds is 3. The monoisotopic (exact) mass is 210 g/mol. The molecule has 0 bridgehead atoms. The van der Waals surface area contributed by atoms with E-state index in [1.54, 1.807) is 14.2 Å². The van der Waals surface area contributed by atoms with Gasteiger partial charge in [-0.1, -0.05) is 13.8 Å². The van der Waals surface area contributed by atoms with Gasteiger partial charge in [0.2, 0.25) is 0 Å². The molecule has 0 aliphatic heterocycles. The molecule has 86 valence electrons. The third-order valence-electron chi connectivity index (χ3n) is 5.76. The second-order valence-electron chi connectivity index (χ2n) is 6.42. The Bertz CT molecular complexity index is 306. The van der Waals surface area contributed by atoms with Gasteiger partial charge in [0.05, 0.1) is 0 Å². The summed E-state index contributed by atoms with van der Waals surface area (Å²) in [6.07, 6.45) is 2.75. The van der Waals surface area contributed by atoms with E-state index in [1.807, 2.05) is 0 Å². The Morgan fingerprint density at radius 1 is 1.20 bits per heavy atom. The number of methoxy groups -OCH3 is 2. The maximum absolute atomic E-state index is 5.66. The molecule has 0 aromatic rings. The fourth-order valence-corrected chi connectivity index (χ4v) is 4.88. The van der Waals surface area contributed by atoms with E-state index >= 15 is 0 Å². The summed E-state index contributed by atoms with van der Waals surface area (Å²) in [5.74, 6) is 2.28. The maximum atomic E-state index is 5.66. The summed E-state index contributed by atoms with van der Waals surface area (Å²) < 4.78 is 11.3. The summed E-state index contributed by atoms with van der Waals surface area (Å²) in [6.45, 7) is 6.95. The van der Waals surface area contributed by atoms with E-state index in [-0.39, 0.29) is 5.79 Å². The van der Waals surface area contributed by atoms with Crippen molar-refractivity contribution >= 4 is 0 Å². The van der Waals surface area contributed by atoms with Gasteiger partial charge in [-0.2, -0.15) is 0 Å². The van der Waals surface area contributed by atoms with Crippen molar-refractivity contribution in [1.82, 2.24) is 0 Å². The summed E-state index contributed by atoms with van der Waals surface area (Å²) in [6, 6.07) is 0. The molecule has 0 amide bonds. The quantitative estimate of drug-likeness (QED) is 0.667. The van der Waals surface area contributed by atoms with Crippen molar-refractivity contribution in [2.45, 2.75) is 39.4 Å². The van der Waals surface area contributed by atoms with Crippen LogP contribution in [0.2, 0.25) is 0 Å². The molecule has 0 N–H and O–H groups in total. The van der Waals surface area contributed by atoms with Crippen LogP contribution in [0.5, 0.6) is 0 Å². The van der Waals surface area contributed by atoms with Crippen LogP contribution in [-0.2, 0) is 9.47 Å². The normalized spacial score (nSPS) is 49.8. The van der Waals surface area contributed by atoms with Crippen molar-refractivity contribution in [1.29, 1.82) is 0 Å². The molecule has 0 aromatic heterocycles. The first kappa shape index (κ1) is 10.1. The number of fused-ring (bicyclic) bond motifs is 2. The fraction of sp³-hybridized carbons (Fsp3) is 1.00. The zero-order valence-corrected chi connectivity index (χ0v) is 10.5. The van der Waals surface area contributed by atoms with Gasteiger partial charge in [-0.15, -0.1) is 0 Å². The predicted octanol–water partition coefficient (Wildman–Crippen LogP) is 2.68. The molecule has 3 fully saturated rings. The van der Waals surface area contributed by atoms with Crippen molar-refractivity contribution in [3.63, 3.8) is 0 Å². The molecule has 0 radical (unpaired) electrons. The molecule has 0 saturated heterocycles. The Morgan fingerprint density at radius 2 is 1.80 bits per heavy atom. The maximum Gasteiger partial charge on any atom is 0.171 e. The first-order valence-corrected chi connectivity index (χ1v) is 6.06. The standard InChI is InChI=1S/C13H22O2/c1-11(2)7-6-8-9-10(11)13(8,9)12(3,14-4)15-5/h8-10H,6-7H2,1-5H3/t8?,9-,10+,13-/m1/s1. The molecule has 0 spiro atoms. The summed E-state index contributed by atoms with van der Waals surface area (Å²) >= 11 is 0. The average Bonchev–Trinajstić information content (AvgIpc) is 3.03. The zero-order chi connectivity index (χ0) is 11.1. The summed E-state index contributed by atoms with van der Waals surface area (Å²) in [5, 5.41) is 0. The minimum Gasteiger partial charge on any atom is -0.353 e. The highest BCUT2D eigenvalue weighted by Gasteiger charge is 2.95. The zero-order valence-electron chi connectivity index (χ0n) is 10.5. The molecule has 2 heteroatoms. The molecule has 3 rings (SSSR count). The summed E-state index contributed by atoms with van der Waals surface area (Å²) in [5.41, 5.74) is 0.871. The van der Waals surface area contributed by atoms with Crippen LogP contribution in [0.3, 0.4) is 0 Å². The van der Waals surface area contributed by atoms with Crippen molar-refractivity contribution in [3.05, 3.63) is 0 Å². The van der Waals surface area contributed by atoms with Crippen molar-refractivity contribution in [2.24, 2.45) is 28.6 Å². The Labute approximate surface area is 92.3 Å². The first-order chi connectivity index (χ1) is 6.95. The SMILES string of the molecule is COC(C)(OC)[C@@]12C3CCC(C)(C)[C@@H]1[C@@H]32. The second kappa shape index (κ2) is 2.43. The summed E-state index contributed by atoms with van der Waals surface area (Å²) in [7, 11) is 3.57. The third kappa shape index (κ3) is 0.826.